The highest BCUT2D eigenvalue weighted by molar-refractivity contribution is 6.04. The van der Waals surface area contributed by atoms with E-state index in [1.165, 1.54) is 77.4 Å². The lowest BCUT2D eigenvalue weighted by Gasteiger charge is -2.29. The van der Waals surface area contributed by atoms with Crippen molar-refractivity contribution < 1.29 is 0 Å². The van der Waals surface area contributed by atoms with Gasteiger partial charge in [-0.3, -0.25) is 0 Å². The topological polar surface area (TPSA) is 3.24 Å². The van der Waals surface area contributed by atoms with Crippen molar-refractivity contribution in [2.24, 2.45) is 0 Å². The maximum atomic E-state index is 2.42. The fraction of sp³-hybridized carbons (Fsp3) is 0.136. The van der Waals surface area contributed by atoms with Crippen LogP contribution in [0.5, 0.6) is 0 Å². The Morgan fingerprint density at radius 2 is 0.956 bits per heavy atom. The first kappa shape index (κ1) is 26.3. The van der Waals surface area contributed by atoms with Crippen molar-refractivity contribution in [1.29, 1.82) is 0 Å². The van der Waals surface area contributed by atoms with Gasteiger partial charge in [-0.15, -0.1) is 0 Å². The molecule has 45 heavy (non-hydrogen) atoms. The smallest absolute Gasteiger partial charge is 0.0468 e. The van der Waals surface area contributed by atoms with Gasteiger partial charge in [0.15, 0.2) is 0 Å². The molecule has 0 N–H and O–H groups in total. The number of nitrogens with zero attached hydrogens (tertiary/aromatic N) is 1. The normalized spacial score (nSPS) is 15.0. The monoisotopic (exact) mass is 577 g/mol. The first-order valence-electron chi connectivity index (χ1n) is 16.0. The van der Waals surface area contributed by atoms with Crippen LogP contribution < -0.4 is 4.90 Å². The van der Waals surface area contributed by atoms with Crippen molar-refractivity contribution in [1.82, 2.24) is 0 Å². The molecule has 0 saturated heterocycles. The first-order valence-corrected chi connectivity index (χ1v) is 16.0. The molecule has 0 aromatic heterocycles. The van der Waals surface area contributed by atoms with Crippen molar-refractivity contribution in [2.75, 3.05) is 4.90 Å². The van der Waals surface area contributed by atoms with Gasteiger partial charge < -0.3 is 4.90 Å². The third-order valence-corrected chi connectivity index (χ3v) is 10.6. The van der Waals surface area contributed by atoms with E-state index in [0.29, 0.717) is 0 Å². The van der Waals surface area contributed by atoms with Crippen molar-refractivity contribution >= 4 is 38.6 Å². The summed E-state index contributed by atoms with van der Waals surface area (Å²) in [7, 11) is 0. The molecule has 0 aliphatic heterocycles. The molecular formula is C44H35N. The minimum atomic E-state index is -0.105. The Hall–Kier alpha value is -5.14. The first-order chi connectivity index (χ1) is 21.8. The summed E-state index contributed by atoms with van der Waals surface area (Å²) < 4.78 is 0. The van der Waals surface area contributed by atoms with Gasteiger partial charge in [-0.2, -0.15) is 0 Å². The lowest BCUT2D eigenvalue weighted by Crippen LogP contribution is -2.17. The van der Waals surface area contributed by atoms with Crippen LogP contribution in [0.3, 0.4) is 0 Å². The molecule has 0 heterocycles. The number of fused-ring (bicyclic) bond motifs is 10. The molecule has 0 saturated carbocycles. The lowest BCUT2D eigenvalue weighted by atomic mass is 9.78. The molecule has 7 aromatic rings. The Balaban J connectivity index is 1.22. The fourth-order valence-corrected chi connectivity index (χ4v) is 8.50. The zero-order chi connectivity index (χ0) is 30.5. The summed E-state index contributed by atoms with van der Waals surface area (Å²) in [6.07, 6.45) is 0. The number of rotatable bonds is 3. The highest BCUT2D eigenvalue weighted by Gasteiger charge is 2.39. The van der Waals surface area contributed by atoms with Gasteiger partial charge in [-0.1, -0.05) is 131 Å². The lowest BCUT2D eigenvalue weighted by molar-refractivity contribution is 0.660. The molecule has 0 fully saturated rings. The van der Waals surface area contributed by atoms with Crippen molar-refractivity contribution in [2.45, 2.75) is 38.5 Å². The van der Waals surface area contributed by atoms with Crippen molar-refractivity contribution in [3.8, 4) is 22.3 Å². The maximum Gasteiger partial charge on any atom is 0.0468 e. The molecule has 2 aliphatic rings. The van der Waals surface area contributed by atoms with Crippen molar-refractivity contribution in [3.05, 3.63) is 162 Å². The Morgan fingerprint density at radius 3 is 1.76 bits per heavy atom. The third kappa shape index (κ3) is 3.61. The SMILES string of the molecule is CC1(C)c2ccccc2-c2ccc(N(c3ccccc3)c3ccc4c5c(ccc4c3)-c3ccc4ccccc4c3C5(C)C)cc21. The zero-order valence-electron chi connectivity index (χ0n) is 26.2. The fourth-order valence-electron chi connectivity index (χ4n) is 8.50. The van der Waals surface area contributed by atoms with E-state index < -0.39 is 0 Å². The predicted octanol–water partition coefficient (Wildman–Crippen LogP) is 12.1. The van der Waals surface area contributed by atoms with Gasteiger partial charge in [-0.05, 0) is 102 Å². The van der Waals surface area contributed by atoms with E-state index in [2.05, 4.69) is 172 Å². The molecule has 0 atom stereocenters. The molecule has 0 unspecified atom stereocenters. The van der Waals surface area contributed by atoms with Crippen LogP contribution in [-0.4, -0.2) is 0 Å². The van der Waals surface area contributed by atoms with E-state index in [4.69, 9.17) is 0 Å². The minimum Gasteiger partial charge on any atom is -0.310 e. The van der Waals surface area contributed by atoms with E-state index in [-0.39, 0.29) is 10.8 Å². The van der Waals surface area contributed by atoms with Gasteiger partial charge in [0.25, 0.3) is 0 Å². The second-order valence-electron chi connectivity index (χ2n) is 13.8. The number of hydrogen-bond donors (Lipinski definition) is 0. The van der Waals surface area contributed by atoms with Crippen LogP contribution in [0.1, 0.15) is 49.9 Å². The molecule has 0 bridgehead atoms. The van der Waals surface area contributed by atoms with E-state index >= 15 is 0 Å². The number of hydrogen-bond acceptors (Lipinski definition) is 1. The molecule has 1 nitrogen and oxygen atoms in total. The molecular weight excluding hydrogens is 542 g/mol. The summed E-state index contributed by atoms with van der Waals surface area (Å²) in [5.74, 6) is 0. The number of anilines is 3. The second kappa shape index (κ2) is 9.19. The Bertz CT molecular complexity index is 2320. The Morgan fingerprint density at radius 1 is 0.378 bits per heavy atom. The van der Waals surface area contributed by atoms with Crippen LogP contribution in [0.15, 0.2) is 140 Å². The molecule has 2 aliphatic carbocycles. The van der Waals surface area contributed by atoms with Gasteiger partial charge in [0.2, 0.25) is 0 Å². The molecule has 1 heteroatoms. The molecule has 0 radical (unpaired) electrons. The highest BCUT2D eigenvalue weighted by Crippen LogP contribution is 2.54. The van der Waals surface area contributed by atoms with Gasteiger partial charge in [0, 0.05) is 27.9 Å². The minimum absolute atomic E-state index is 0.0566. The molecule has 7 aromatic carbocycles. The van der Waals surface area contributed by atoms with Crippen LogP contribution in [0.25, 0.3) is 43.8 Å². The van der Waals surface area contributed by atoms with E-state index in [0.717, 1.165) is 5.69 Å². The quantitative estimate of drug-likeness (QED) is 0.202. The molecule has 0 spiro atoms. The largest absolute Gasteiger partial charge is 0.310 e. The van der Waals surface area contributed by atoms with E-state index in [1.807, 2.05) is 0 Å². The van der Waals surface area contributed by atoms with Crippen LogP contribution in [0.2, 0.25) is 0 Å². The van der Waals surface area contributed by atoms with Crippen molar-refractivity contribution in [3.63, 3.8) is 0 Å². The van der Waals surface area contributed by atoms with Crippen LogP contribution in [-0.2, 0) is 10.8 Å². The average Bonchev–Trinajstić information content (AvgIpc) is 3.45. The summed E-state index contributed by atoms with van der Waals surface area (Å²) in [4.78, 5) is 2.42. The summed E-state index contributed by atoms with van der Waals surface area (Å²) in [6, 6.07) is 51.9. The second-order valence-corrected chi connectivity index (χ2v) is 13.8. The van der Waals surface area contributed by atoms with E-state index in [9.17, 15) is 0 Å². The van der Waals surface area contributed by atoms with Crippen LogP contribution in [0.4, 0.5) is 17.1 Å². The van der Waals surface area contributed by atoms with Crippen LogP contribution >= 0.6 is 0 Å². The summed E-state index contributed by atoms with van der Waals surface area (Å²) in [5.41, 5.74) is 14.4. The number of para-hydroxylation sites is 1. The summed E-state index contributed by atoms with van der Waals surface area (Å²) >= 11 is 0. The molecule has 0 amide bonds. The summed E-state index contributed by atoms with van der Waals surface area (Å²) in [6.45, 7) is 9.51. The third-order valence-electron chi connectivity index (χ3n) is 10.6. The van der Waals surface area contributed by atoms with Gasteiger partial charge in [0.05, 0.1) is 0 Å². The number of benzene rings is 7. The Kier molecular flexibility index (Phi) is 5.37. The summed E-state index contributed by atoms with van der Waals surface area (Å²) in [5, 5.41) is 5.27. The maximum absolute atomic E-state index is 2.42. The van der Waals surface area contributed by atoms with Gasteiger partial charge in [-0.25, -0.2) is 0 Å². The predicted molar refractivity (Wildman–Crippen MR) is 191 cm³/mol. The Labute approximate surface area is 265 Å². The standard InChI is InChI=1S/C44H35N/c1-43(2)39-17-11-10-16-35(39)36-25-21-32(27-40(36)43)45(30-13-6-5-7-14-30)31-20-24-34-29(26-31)19-23-38-37-22-18-28-12-8-9-15-33(28)41(37)44(3,4)42(34)38/h5-27H,1-4H3. The highest BCUT2D eigenvalue weighted by atomic mass is 15.1. The van der Waals surface area contributed by atoms with Crippen LogP contribution in [0, 0.1) is 0 Å². The molecule has 216 valence electrons. The average molecular weight is 578 g/mol. The molecule has 9 rings (SSSR count). The van der Waals surface area contributed by atoms with E-state index in [1.54, 1.807) is 0 Å². The van der Waals surface area contributed by atoms with Gasteiger partial charge in [0.1, 0.15) is 0 Å². The zero-order valence-corrected chi connectivity index (χ0v) is 26.2. The van der Waals surface area contributed by atoms with Gasteiger partial charge >= 0.3 is 0 Å².